The van der Waals surface area contributed by atoms with Crippen LogP contribution < -0.4 is 20.4 Å². The molecule has 1 aromatic carbocycles. The topological polar surface area (TPSA) is 136 Å². The molecular formula is C26H32F3N7O4. The van der Waals surface area contributed by atoms with Crippen molar-refractivity contribution in [2.75, 3.05) is 31.3 Å². The monoisotopic (exact) mass is 563 g/mol. The Morgan fingerprint density at radius 2 is 1.88 bits per heavy atom. The maximum Gasteiger partial charge on any atom is 0.416 e. The summed E-state index contributed by atoms with van der Waals surface area (Å²) in [5, 5.41) is 25.0. The van der Waals surface area contributed by atoms with Gasteiger partial charge in [-0.2, -0.15) is 13.2 Å². The van der Waals surface area contributed by atoms with E-state index < -0.39 is 23.7 Å². The maximum absolute atomic E-state index is 13.5. The van der Waals surface area contributed by atoms with Gasteiger partial charge in [-0.25, -0.2) is 4.79 Å². The predicted molar refractivity (Wildman–Crippen MR) is 137 cm³/mol. The number of carbonyl (C=O) groups is 1. The number of urea groups is 1. The van der Waals surface area contributed by atoms with Crippen LogP contribution in [-0.2, 0) is 12.6 Å². The van der Waals surface area contributed by atoms with Crippen molar-refractivity contribution >= 4 is 29.2 Å². The fourth-order valence-corrected chi connectivity index (χ4v) is 4.87. The highest BCUT2D eigenvalue weighted by Gasteiger charge is 2.32. The Hall–Kier alpha value is -3.94. The second kappa shape index (κ2) is 12.1. The zero-order valence-electron chi connectivity index (χ0n) is 22.7. The number of anilines is 2. The van der Waals surface area contributed by atoms with Gasteiger partial charge in [-0.15, -0.1) is 0 Å². The van der Waals surface area contributed by atoms with Gasteiger partial charge in [0.2, 0.25) is 5.27 Å². The number of amides is 2. The average Bonchev–Trinajstić information content (AvgIpc) is 3.45. The number of nitrogens with one attached hydrogen (secondary N) is 2. The Balaban J connectivity index is 1.42. The standard InChI is InChI=1S/C26H32F3N7O4/c1-15-22(16(2)39-33-15)12-23(37)30-19-9-18(26(27,28)29)10-20(11-19)31-25(38)32-24-14-36(34-40-24)21-7-5-17(6-8-21)13-35(3)4/h9-11,14,17,21H,5-8,12-13H2,1-4H3,(H2-,30,31,32,34,37,38). The van der Waals surface area contributed by atoms with Crippen molar-refractivity contribution < 1.29 is 36.8 Å². The number of benzene rings is 1. The van der Waals surface area contributed by atoms with Crippen molar-refractivity contribution in [2.45, 2.75) is 58.2 Å². The predicted octanol–water partition coefficient (Wildman–Crippen LogP) is 4.16. The van der Waals surface area contributed by atoms with E-state index in [-0.39, 0.29) is 29.7 Å². The van der Waals surface area contributed by atoms with Crippen molar-refractivity contribution in [3.05, 3.63) is 47.0 Å². The molecule has 2 amide bonds. The molecule has 1 fully saturated rings. The van der Waals surface area contributed by atoms with Gasteiger partial charge in [0, 0.05) is 37.1 Å². The molecule has 0 saturated heterocycles. The molecule has 2 N–H and O–H groups in total. The molecule has 2 heterocycles. The third-order valence-electron chi connectivity index (χ3n) is 6.80. The minimum atomic E-state index is -4.73. The SMILES string of the molecule is Cc1noc(C)c1CC([O-])=Nc1cc(NC(=O)Nc2c[n+](C3CCC(CN(C)C)CC3)no2)cc(C(F)(F)F)c1. The molecule has 40 heavy (non-hydrogen) atoms. The summed E-state index contributed by atoms with van der Waals surface area (Å²) in [6, 6.07) is 1.96. The first-order valence-corrected chi connectivity index (χ1v) is 12.9. The van der Waals surface area contributed by atoms with Gasteiger partial charge in [0.1, 0.15) is 5.76 Å². The molecule has 0 aliphatic heterocycles. The van der Waals surface area contributed by atoms with E-state index in [1.165, 1.54) is 6.07 Å². The molecule has 3 aromatic rings. The largest absolute Gasteiger partial charge is 0.861 e. The summed E-state index contributed by atoms with van der Waals surface area (Å²) in [6.07, 6.45) is 0.580. The summed E-state index contributed by atoms with van der Waals surface area (Å²) < 4.78 is 52.5. The first-order chi connectivity index (χ1) is 18.9. The summed E-state index contributed by atoms with van der Waals surface area (Å²) >= 11 is 0. The van der Waals surface area contributed by atoms with Gasteiger partial charge >= 0.3 is 18.1 Å². The van der Waals surface area contributed by atoms with Crippen LogP contribution >= 0.6 is 0 Å². The van der Waals surface area contributed by atoms with Crippen LogP contribution in [0.2, 0.25) is 0 Å². The van der Waals surface area contributed by atoms with Gasteiger partial charge in [0.15, 0.2) is 6.04 Å². The molecule has 216 valence electrons. The van der Waals surface area contributed by atoms with Crippen molar-refractivity contribution in [3.8, 4) is 0 Å². The van der Waals surface area contributed by atoms with Gasteiger partial charge in [-0.3, -0.25) is 14.8 Å². The lowest BCUT2D eigenvalue weighted by Gasteiger charge is -2.26. The third-order valence-corrected chi connectivity index (χ3v) is 6.80. The van der Waals surface area contributed by atoms with E-state index in [0.29, 0.717) is 22.9 Å². The molecule has 11 nitrogen and oxygen atoms in total. The smallest absolute Gasteiger partial charge is 0.416 e. The molecule has 0 bridgehead atoms. The Bertz CT molecular complexity index is 1340. The summed E-state index contributed by atoms with van der Waals surface area (Å²) in [7, 11) is 4.11. The van der Waals surface area contributed by atoms with E-state index in [9.17, 15) is 23.1 Å². The van der Waals surface area contributed by atoms with E-state index in [1.54, 1.807) is 24.7 Å². The zero-order valence-corrected chi connectivity index (χ0v) is 22.7. The van der Waals surface area contributed by atoms with E-state index in [1.807, 2.05) is 0 Å². The molecule has 1 saturated carbocycles. The normalized spacial score (nSPS) is 18.2. The van der Waals surface area contributed by atoms with Crippen LogP contribution in [0.25, 0.3) is 0 Å². The first-order valence-electron chi connectivity index (χ1n) is 12.9. The highest BCUT2D eigenvalue weighted by molar-refractivity contribution is 5.99. The molecule has 0 atom stereocenters. The van der Waals surface area contributed by atoms with E-state index in [0.717, 1.165) is 44.4 Å². The molecule has 14 heteroatoms. The van der Waals surface area contributed by atoms with Crippen LogP contribution in [0.3, 0.4) is 0 Å². The number of aromatic nitrogens is 3. The Kier molecular flexibility index (Phi) is 8.76. The number of carbonyl (C=O) groups excluding carboxylic acids is 1. The Labute approximate surface area is 229 Å². The zero-order chi connectivity index (χ0) is 29.0. The number of aryl methyl sites for hydroxylation is 2. The van der Waals surface area contributed by atoms with E-state index in [4.69, 9.17) is 9.05 Å². The molecule has 0 radical (unpaired) electrons. The van der Waals surface area contributed by atoms with Crippen molar-refractivity contribution in [1.29, 1.82) is 0 Å². The summed E-state index contributed by atoms with van der Waals surface area (Å²) in [5.41, 5.74) is -0.525. The molecule has 1 aliphatic rings. The van der Waals surface area contributed by atoms with Crippen LogP contribution in [0.5, 0.6) is 0 Å². The van der Waals surface area contributed by atoms with Crippen LogP contribution in [0.15, 0.2) is 38.4 Å². The molecular weight excluding hydrogens is 531 g/mol. The lowest BCUT2D eigenvalue weighted by Crippen LogP contribution is -2.43. The van der Waals surface area contributed by atoms with E-state index in [2.05, 4.69) is 45.0 Å². The van der Waals surface area contributed by atoms with Gasteiger partial charge in [0.05, 0.1) is 16.9 Å². The molecule has 4 rings (SSSR count). The van der Waals surface area contributed by atoms with E-state index >= 15 is 0 Å². The number of nitrogens with zero attached hydrogens (tertiary/aromatic N) is 5. The second-order valence-corrected chi connectivity index (χ2v) is 10.3. The quantitative estimate of drug-likeness (QED) is 0.239. The fourth-order valence-electron chi connectivity index (χ4n) is 4.87. The minimum absolute atomic E-state index is 0.0411. The number of hydrogen-bond acceptors (Lipinski definition) is 8. The summed E-state index contributed by atoms with van der Waals surface area (Å²) in [4.78, 5) is 18.6. The number of alkyl halides is 3. The lowest BCUT2D eigenvalue weighted by atomic mass is 9.86. The maximum atomic E-state index is 13.5. The number of rotatable bonds is 8. The number of halogens is 3. The van der Waals surface area contributed by atoms with Crippen molar-refractivity contribution in [1.82, 2.24) is 15.3 Å². The van der Waals surface area contributed by atoms with Crippen LogP contribution in [0, 0.1) is 19.8 Å². The summed E-state index contributed by atoms with van der Waals surface area (Å²) in [6.45, 7) is 4.31. The fraction of sp³-hybridized carbons (Fsp3) is 0.500. The summed E-state index contributed by atoms with van der Waals surface area (Å²) in [5.74, 6) is 0.401. The van der Waals surface area contributed by atoms with Crippen LogP contribution in [-0.4, -0.2) is 47.9 Å². The second-order valence-electron chi connectivity index (χ2n) is 10.3. The Morgan fingerprint density at radius 1 is 1.15 bits per heavy atom. The average molecular weight is 564 g/mol. The van der Waals surface area contributed by atoms with Gasteiger partial charge in [-0.05, 0) is 75.5 Å². The van der Waals surface area contributed by atoms with Gasteiger partial charge in [-0.1, -0.05) is 5.16 Å². The van der Waals surface area contributed by atoms with Crippen LogP contribution in [0.1, 0.15) is 54.3 Å². The number of hydrogen-bond donors (Lipinski definition) is 2. The highest BCUT2D eigenvalue weighted by Crippen LogP contribution is 2.34. The molecule has 1 aliphatic carbocycles. The van der Waals surface area contributed by atoms with Crippen molar-refractivity contribution in [3.63, 3.8) is 0 Å². The first kappa shape index (κ1) is 29.1. The van der Waals surface area contributed by atoms with Gasteiger partial charge in [0.25, 0.3) is 6.20 Å². The number of aliphatic imine (C=N–C) groups is 1. The Morgan fingerprint density at radius 3 is 2.50 bits per heavy atom. The lowest BCUT2D eigenvalue weighted by molar-refractivity contribution is -0.787. The van der Waals surface area contributed by atoms with Crippen molar-refractivity contribution in [2.24, 2.45) is 10.9 Å². The van der Waals surface area contributed by atoms with Crippen LogP contribution in [0.4, 0.5) is 35.2 Å². The molecule has 0 spiro atoms. The minimum Gasteiger partial charge on any atom is -0.861 e. The highest BCUT2D eigenvalue weighted by atomic mass is 19.4. The molecule has 2 aromatic heterocycles. The molecule has 0 unspecified atom stereocenters. The van der Waals surface area contributed by atoms with Gasteiger partial charge < -0.3 is 19.8 Å². The third kappa shape index (κ3) is 7.58.